The Kier molecular flexibility index (Phi) is 5.09. The maximum atomic E-state index is 5.85. The van der Waals surface area contributed by atoms with Gasteiger partial charge in [0.15, 0.2) is 0 Å². The van der Waals surface area contributed by atoms with Gasteiger partial charge in [-0.1, -0.05) is 60.7 Å². The van der Waals surface area contributed by atoms with Gasteiger partial charge in [-0.2, -0.15) is 15.0 Å². The van der Waals surface area contributed by atoms with Crippen molar-refractivity contribution in [2.45, 2.75) is 25.9 Å². The third kappa shape index (κ3) is 4.44. The average Bonchev–Trinajstić information content (AvgIpc) is 2.62. The molecule has 128 valence electrons. The number of benzene rings is 2. The number of nitrogens with one attached hydrogen (secondary N) is 2. The summed E-state index contributed by atoms with van der Waals surface area (Å²) in [5.74, 6) is 1.08. The quantitative estimate of drug-likeness (QED) is 0.635. The summed E-state index contributed by atoms with van der Waals surface area (Å²) in [5, 5.41) is 6.54. The molecule has 0 aliphatic rings. The highest BCUT2D eigenvalue weighted by Crippen LogP contribution is 2.20. The van der Waals surface area contributed by atoms with Gasteiger partial charge in [0.1, 0.15) is 0 Å². The smallest absolute Gasteiger partial charge is 0.229 e. The Morgan fingerprint density at radius 2 is 1.08 bits per heavy atom. The van der Waals surface area contributed by atoms with Gasteiger partial charge in [-0.05, 0) is 25.0 Å². The number of nitrogens with two attached hydrogens (primary N) is 1. The van der Waals surface area contributed by atoms with Crippen LogP contribution in [0.4, 0.5) is 17.8 Å². The van der Waals surface area contributed by atoms with Crippen molar-refractivity contribution < 1.29 is 0 Å². The number of anilines is 3. The van der Waals surface area contributed by atoms with Crippen LogP contribution in [0.5, 0.6) is 0 Å². The molecule has 0 bridgehead atoms. The molecule has 1 heterocycles. The zero-order valence-corrected chi connectivity index (χ0v) is 14.3. The van der Waals surface area contributed by atoms with E-state index in [0.29, 0.717) is 11.9 Å². The highest BCUT2D eigenvalue weighted by Gasteiger charge is 2.11. The number of hydrogen-bond acceptors (Lipinski definition) is 6. The number of hydrogen-bond donors (Lipinski definition) is 3. The van der Waals surface area contributed by atoms with Crippen LogP contribution in [0, 0.1) is 0 Å². The minimum Gasteiger partial charge on any atom is -0.368 e. The van der Waals surface area contributed by atoms with E-state index in [1.54, 1.807) is 0 Å². The summed E-state index contributed by atoms with van der Waals surface area (Å²) in [6, 6.07) is 20.3. The molecule has 0 amide bonds. The van der Waals surface area contributed by atoms with Crippen LogP contribution < -0.4 is 16.4 Å². The van der Waals surface area contributed by atoms with Crippen molar-refractivity contribution in [3.8, 4) is 0 Å². The largest absolute Gasteiger partial charge is 0.368 e. The maximum absolute atomic E-state index is 5.85. The summed E-state index contributed by atoms with van der Waals surface area (Å²) in [4.78, 5) is 12.8. The van der Waals surface area contributed by atoms with Crippen molar-refractivity contribution in [3.05, 3.63) is 71.8 Å². The van der Waals surface area contributed by atoms with E-state index in [0.717, 1.165) is 11.1 Å². The van der Waals surface area contributed by atoms with Gasteiger partial charge in [0.25, 0.3) is 0 Å². The first-order valence-corrected chi connectivity index (χ1v) is 8.26. The van der Waals surface area contributed by atoms with E-state index in [-0.39, 0.29) is 18.0 Å². The fraction of sp³-hybridized carbons (Fsp3) is 0.211. The van der Waals surface area contributed by atoms with Crippen LogP contribution in [0.25, 0.3) is 0 Å². The lowest BCUT2D eigenvalue weighted by molar-refractivity contribution is 0.834. The van der Waals surface area contributed by atoms with Crippen LogP contribution >= 0.6 is 0 Å². The predicted octanol–water partition coefficient (Wildman–Crippen LogP) is 3.80. The summed E-state index contributed by atoms with van der Waals surface area (Å²) >= 11 is 0. The van der Waals surface area contributed by atoms with E-state index < -0.39 is 0 Å². The van der Waals surface area contributed by atoms with Crippen molar-refractivity contribution in [1.29, 1.82) is 0 Å². The summed E-state index contributed by atoms with van der Waals surface area (Å²) in [6.45, 7) is 4.10. The Morgan fingerprint density at radius 1 is 0.680 bits per heavy atom. The minimum absolute atomic E-state index is 0.0578. The summed E-state index contributed by atoms with van der Waals surface area (Å²) in [5.41, 5.74) is 8.14. The molecule has 3 rings (SSSR count). The fourth-order valence-corrected chi connectivity index (χ4v) is 2.56. The average molecular weight is 334 g/mol. The second-order valence-electron chi connectivity index (χ2n) is 5.89. The monoisotopic (exact) mass is 334 g/mol. The molecule has 0 spiro atoms. The molecule has 2 atom stereocenters. The minimum atomic E-state index is 0.0578. The number of aromatic nitrogens is 3. The molecule has 6 heteroatoms. The van der Waals surface area contributed by atoms with E-state index in [4.69, 9.17) is 5.73 Å². The molecule has 1 aromatic heterocycles. The Morgan fingerprint density at radius 3 is 1.48 bits per heavy atom. The molecule has 0 radical (unpaired) electrons. The van der Waals surface area contributed by atoms with Crippen LogP contribution in [0.1, 0.15) is 37.1 Å². The Hall–Kier alpha value is -3.15. The SMILES string of the molecule is C[C@@H](Nc1nc(N)nc(N[C@H](C)c2ccccc2)n1)c1ccccc1. The second kappa shape index (κ2) is 7.61. The van der Waals surface area contributed by atoms with Gasteiger partial charge in [0.2, 0.25) is 17.8 Å². The molecule has 0 unspecified atom stereocenters. The molecule has 0 aliphatic heterocycles. The van der Waals surface area contributed by atoms with Crippen molar-refractivity contribution in [2.75, 3.05) is 16.4 Å². The van der Waals surface area contributed by atoms with E-state index in [9.17, 15) is 0 Å². The third-order valence-corrected chi connectivity index (χ3v) is 3.94. The molecule has 3 aromatic rings. The molecule has 0 fully saturated rings. The highest BCUT2D eigenvalue weighted by molar-refractivity contribution is 5.43. The Balaban J connectivity index is 1.74. The van der Waals surface area contributed by atoms with Gasteiger partial charge >= 0.3 is 0 Å². The van der Waals surface area contributed by atoms with Gasteiger partial charge in [-0.25, -0.2) is 0 Å². The molecule has 25 heavy (non-hydrogen) atoms. The standard InChI is InChI=1S/C19H22N6/c1-13(15-9-5-3-6-10-15)21-18-23-17(20)24-19(25-18)22-14(2)16-11-7-4-8-12-16/h3-14H,1-2H3,(H4,20,21,22,23,24,25)/t13-,14-/m1/s1. The van der Waals surface area contributed by atoms with Crippen LogP contribution in [-0.2, 0) is 0 Å². The van der Waals surface area contributed by atoms with Crippen molar-refractivity contribution in [1.82, 2.24) is 15.0 Å². The zero-order valence-electron chi connectivity index (χ0n) is 14.3. The molecule has 0 aliphatic carbocycles. The van der Waals surface area contributed by atoms with Crippen molar-refractivity contribution in [3.63, 3.8) is 0 Å². The first kappa shape index (κ1) is 16.7. The molecular weight excluding hydrogens is 312 g/mol. The highest BCUT2D eigenvalue weighted by atomic mass is 15.3. The molecule has 0 saturated carbocycles. The van der Waals surface area contributed by atoms with E-state index in [1.807, 2.05) is 36.4 Å². The van der Waals surface area contributed by atoms with Crippen molar-refractivity contribution >= 4 is 17.8 Å². The molecule has 2 aromatic carbocycles. The summed E-state index contributed by atoms with van der Waals surface area (Å²) in [7, 11) is 0. The van der Waals surface area contributed by atoms with Crippen molar-refractivity contribution in [2.24, 2.45) is 0 Å². The van der Waals surface area contributed by atoms with Gasteiger partial charge in [-0.3, -0.25) is 0 Å². The first-order chi connectivity index (χ1) is 12.1. The molecular formula is C19H22N6. The van der Waals surface area contributed by atoms with E-state index in [2.05, 4.69) is 63.7 Å². The fourth-order valence-electron chi connectivity index (χ4n) is 2.56. The zero-order chi connectivity index (χ0) is 17.6. The number of nitrogens with zero attached hydrogens (tertiary/aromatic N) is 3. The second-order valence-corrected chi connectivity index (χ2v) is 5.89. The van der Waals surface area contributed by atoms with Crippen LogP contribution in [0.2, 0.25) is 0 Å². The van der Waals surface area contributed by atoms with Crippen LogP contribution in [0.3, 0.4) is 0 Å². The Labute approximate surface area is 147 Å². The van der Waals surface area contributed by atoms with E-state index in [1.165, 1.54) is 0 Å². The lowest BCUT2D eigenvalue weighted by atomic mass is 10.1. The molecule has 0 saturated heterocycles. The lowest BCUT2D eigenvalue weighted by Gasteiger charge is -2.17. The molecule has 6 nitrogen and oxygen atoms in total. The molecule has 4 N–H and O–H groups in total. The number of rotatable bonds is 6. The third-order valence-electron chi connectivity index (χ3n) is 3.94. The summed E-state index contributed by atoms with van der Waals surface area (Å²) in [6.07, 6.45) is 0. The topological polar surface area (TPSA) is 88.8 Å². The summed E-state index contributed by atoms with van der Waals surface area (Å²) < 4.78 is 0. The Bertz CT molecular complexity index is 741. The maximum Gasteiger partial charge on any atom is 0.229 e. The van der Waals surface area contributed by atoms with Gasteiger partial charge in [0, 0.05) is 0 Å². The lowest BCUT2D eigenvalue weighted by Crippen LogP contribution is -2.15. The van der Waals surface area contributed by atoms with Crippen LogP contribution in [-0.4, -0.2) is 15.0 Å². The first-order valence-electron chi connectivity index (χ1n) is 8.26. The number of nitrogen functional groups attached to an aromatic ring is 1. The van der Waals surface area contributed by atoms with Gasteiger partial charge < -0.3 is 16.4 Å². The van der Waals surface area contributed by atoms with E-state index >= 15 is 0 Å². The van der Waals surface area contributed by atoms with Gasteiger partial charge in [0.05, 0.1) is 12.1 Å². The van der Waals surface area contributed by atoms with Crippen LogP contribution in [0.15, 0.2) is 60.7 Å². The predicted molar refractivity (Wildman–Crippen MR) is 101 cm³/mol. The normalized spacial score (nSPS) is 13.0. The van der Waals surface area contributed by atoms with Gasteiger partial charge in [-0.15, -0.1) is 0 Å².